The molecule has 5 heteroatoms. The maximum absolute atomic E-state index is 11.8. The molecule has 0 fully saturated rings. The van der Waals surface area contributed by atoms with E-state index in [2.05, 4.69) is 0 Å². The molecule has 0 spiro atoms. The van der Waals surface area contributed by atoms with Gasteiger partial charge in [-0.05, 0) is 49.2 Å². The predicted molar refractivity (Wildman–Crippen MR) is 100.0 cm³/mol. The normalized spacial score (nSPS) is 10.9. The molecule has 136 valence electrons. The van der Waals surface area contributed by atoms with Gasteiger partial charge in [-0.25, -0.2) is 0 Å². The van der Waals surface area contributed by atoms with Crippen LogP contribution in [-0.4, -0.2) is 12.6 Å². The van der Waals surface area contributed by atoms with Gasteiger partial charge in [0.15, 0.2) is 0 Å². The molecule has 1 heterocycles. The minimum absolute atomic E-state index is 0.198. The van der Waals surface area contributed by atoms with Crippen LogP contribution >= 0.6 is 0 Å². The van der Waals surface area contributed by atoms with Crippen molar-refractivity contribution in [3.8, 4) is 5.75 Å². The Kier molecular flexibility index (Phi) is 5.58. The summed E-state index contributed by atoms with van der Waals surface area (Å²) in [5, 5.41) is 1.02. The summed E-state index contributed by atoms with van der Waals surface area (Å²) in [5.74, 6) is 1.20. The molecule has 3 aromatic rings. The average molecular weight is 353 g/mol. The van der Waals surface area contributed by atoms with Crippen LogP contribution in [0.1, 0.15) is 29.4 Å². The lowest BCUT2D eigenvalue weighted by molar-refractivity contribution is -0.142. The molecule has 2 N–H and O–H groups in total. The first-order valence-electron chi connectivity index (χ1n) is 8.69. The van der Waals surface area contributed by atoms with E-state index in [1.165, 1.54) is 0 Å². The first-order chi connectivity index (χ1) is 12.6. The summed E-state index contributed by atoms with van der Waals surface area (Å²) in [4.78, 5) is 11.8. The van der Waals surface area contributed by atoms with Crippen LogP contribution in [0.4, 0.5) is 0 Å². The monoisotopic (exact) mass is 353 g/mol. The fourth-order valence-electron chi connectivity index (χ4n) is 2.96. The van der Waals surface area contributed by atoms with Crippen molar-refractivity contribution < 1.29 is 18.7 Å². The third-order valence-corrected chi connectivity index (χ3v) is 4.12. The second-order valence-corrected chi connectivity index (χ2v) is 6.13. The van der Waals surface area contributed by atoms with Gasteiger partial charge in [-0.1, -0.05) is 18.2 Å². The third kappa shape index (κ3) is 4.06. The molecule has 0 radical (unpaired) electrons. The fraction of sp³-hybridized carbons (Fsp3) is 0.286. The molecule has 0 unspecified atom stereocenters. The van der Waals surface area contributed by atoms with Crippen LogP contribution in [0.25, 0.3) is 11.0 Å². The van der Waals surface area contributed by atoms with Gasteiger partial charge in [0, 0.05) is 10.9 Å². The molecule has 3 rings (SSSR count). The van der Waals surface area contributed by atoms with Crippen molar-refractivity contribution in [2.24, 2.45) is 5.73 Å². The number of esters is 1. The highest BCUT2D eigenvalue weighted by Gasteiger charge is 2.11. The summed E-state index contributed by atoms with van der Waals surface area (Å²) in [7, 11) is 0. The maximum atomic E-state index is 11.8. The van der Waals surface area contributed by atoms with Crippen LogP contribution in [0, 0.1) is 6.92 Å². The molecule has 5 nitrogen and oxygen atoms in total. The quantitative estimate of drug-likeness (QED) is 0.652. The molecule has 0 saturated carbocycles. The van der Waals surface area contributed by atoms with E-state index in [1.807, 2.05) is 49.4 Å². The van der Waals surface area contributed by atoms with E-state index in [0.717, 1.165) is 33.4 Å². The van der Waals surface area contributed by atoms with E-state index in [4.69, 9.17) is 19.6 Å². The first-order valence-corrected chi connectivity index (χ1v) is 8.69. The highest BCUT2D eigenvalue weighted by Crippen LogP contribution is 2.26. The van der Waals surface area contributed by atoms with Gasteiger partial charge in [0.2, 0.25) is 0 Å². The van der Waals surface area contributed by atoms with Crippen molar-refractivity contribution >= 4 is 16.9 Å². The molecular weight excluding hydrogens is 330 g/mol. The number of carbonyl (C=O) groups is 1. The number of carbonyl (C=O) groups excluding carboxylic acids is 1. The number of aryl methyl sites for hydroxylation is 1. The van der Waals surface area contributed by atoms with Gasteiger partial charge < -0.3 is 19.6 Å². The summed E-state index contributed by atoms with van der Waals surface area (Å²) in [6.45, 7) is 4.95. The largest absolute Gasteiger partial charge is 0.489 e. The number of ether oxygens (including phenoxy) is 2. The second kappa shape index (κ2) is 8.06. The zero-order valence-corrected chi connectivity index (χ0v) is 15.1. The number of hydrogen-bond donors (Lipinski definition) is 1. The van der Waals surface area contributed by atoms with Crippen molar-refractivity contribution in [2.45, 2.75) is 33.4 Å². The summed E-state index contributed by atoms with van der Waals surface area (Å²) in [5.41, 5.74) is 9.41. The van der Waals surface area contributed by atoms with E-state index in [-0.39, 0.29) is 12.4 Å². The number of fused-ring (bicyclic) bond motifs is 1. The topological polar surface area (TPSA) is 74.7 Å². The summed E-state index contributed by atoms with van der Waals surface area (Å²) in [6.07, 6.45) is 0.198. The SMILES string of the molecule is CCOC(=O)Cc1ccccc1OCc1cc(C)c2oc(CN)cc2c1. The Morgan fingerprint density at radius 1 is 1.19 bits per heavy atom. The number of furan rings is 1. The molecule has 0 aliphatic rings. The van der Waals surface area contributed by atoms with Crippen LogP contribution in [0.15, 0.2) is 46.9 Å². The number of rotatable bonds is 7. The van der Waals surface area contributed by atoms with Crippen LogP contribution in [0.2, 0.25) is 0 Å². The molecule has 0 aliphatic heterocycles. The van der Waals surface area contributed by atoms with Gasteiger partial charge in [-0.2, -0.15) is 0 Å². The average Bonchev–Trinajstić information content (AvgIpc) is 3.05. The number of benzene rings is 2. The number of nitrogens with two attached hydrogens (primary N) is 1. The van der Waals surface area contributed by atoms with E-state index in [9.17, 15) is 4.79 Å². The van der Waals surface area contributed by atoms with Crippen molar-refractivity contribution in [3.63, 3.8) is 0 Å². The Morgan fingerprint density at radius 2 is 2.00 bits per heavy atom. The van der Waals surface area contributed by atoms with Gasteiger partial charge in [-0.15, -0.1) is 0 Å². The summed E-state index contributed by atoms with van der Waals surface area (Å²) in [6, 6.07) is 13.6. The fourth-order valence-corrected chi connectivity index (χ4v) is 2.96. The minimum Gasteiger partial charge on any atom is -0.489 e. The van der Waals surface area contributed by atoms with Crippen molar-refractivity contribution in [1.29, 1.82) is 0 Å². The molecule has 0 atom stereocenters. The summed E-state index contributed by atoms with van der Waals surface area (Å²) < 4.78 is 16.7. The lowest BCUT2D eigenvalue weighted by Crippen LogP contribution is -2.09. The van der Waals surface area contributed by atoms with Crippen LogP contribution < -0.4 is 10.5 Å². The molecule has 2 aromatic carbocycles. The number of hydrogen-bond acceptors (Lipinski definition) is 5. The lowest BCUT2D eigenvalue weighted by atomic mass is 10.1. The van der Waals surface area contributed by atoms with Crippen molar-refractivity contribution in [2.75, 3.05) is 6.61 Å². The van der Waals surface area contributed by atoms with E-state index in [1.54, 1.807) is 6.92 Å². The smallest absolute Gasteiger partial charge is 0.310 e. The highest BCUT2D eigenvalue weighted by molar-refractivity contribution is 5.82. The van der Waals surface area contributed by atoms with Crippen LogP contribution in [-0.2, 0) is 29.1 Å². The number of para-hydroxylation sites is 1. The first kappa shape index (κ1) is 18.0. The molecule has 26 heavy (non-hydrogen) atoms. The van der Waals surface area contributed by atoms with Gasteiger partial charge in [-0.3, -0.25) is 4.79 Å². The van der Waals surface area contributed by atoms with Crippen molar-refractivity contribution in [1.82, 2.24) is 0 Å². The standard InChI is InChI=1S/C21H23NO4/c1-3-24-20(23)11-16-6-4-5-7-19(16)25-13-15-8-14(2)21-17(9-15)10-18(12-22)26-21/h4-10H,3,11-13,22H2,1-2H3. The van der Waals surface area contributed by atoms with Gasteiger partial charge in [0.05, 0.1) is 19.6 Å². The molecule has 0 saturated heterocycles. The predicted octanol–water partition coefficient (Wildman–Crippen LogP) is 3.88. The Labute approximate surface area is 152 Å². The molecular formula is C21H23NO4. The van der Waals surface area contributed by atoms with Gasteiger partial charge in [0.1, 0.15) is 23.7 Å². The third-order valence-electron chi connectivity index (χ3n) is 4.12. The van der Waals surface area contributed by atoms with E-state index < -0.39 is 0 Å². The van der Waals surface area contributed by atoms with Crippen molar-refractivity contribution in [3.05, 3.63) is 64.9 Å². The van der Waals surface area contributed by atoms with E-state index in [0.29, 0.717) is 25.5 Å². The molecule has 1 aromatic heterocycles. The Balaban J connectivity index is 1.77. The van der Waals surface area contributed by atoms with E-state index >= 15 is 0 Å². The maximum Gasteiger partial charge on any atom is 0.310 e. The second-order valence-electron chi connectivity index (χ2n) is 6.13. The van der Waals surface area contributed by atoms with Crippen LogP contribution in [0.5, 0.6) is 5.75 Å². The Hall–Kier alpha value is -2.79. The lowest BCUT2D eigenvalue weighted by Gasteiger charge is -2.12. The highest BCUT2D eigenvalue weighted by atomic mass is 16.5. The molecule has 0 aliphatic carbocycles. The van der Waals surface area contributed by atoms with Gasteiger partial charge in [0.25, 0.3) is 0 Å². The zero-order chi connectivity index (χ0) is 18.5. The molecule has 0 amide bonds. The summed E-state index contributed by atoms with van der Waals surface area (Å²) >= 11 is 0. The molecule has 0 bridgehead atoms. The Bertz CT molecular complexity index is 914. The minimum atomic E-state index is -0.256. The zero-order valence-electron chi connectivity index (χ0n) is 15.1. The van der Waals surface area contributed by atoms with Gasteiger partial charge >= 0.3 is 5.97 Å². The Morgan fingerprint density at radius 3 is 2.77 bits per heavy atom. The van der Waals surface area contributed by atoms with Crippen LogP contribution in [0.3, 0.4) is 0 Å².